The van der Waals surface area contributed by atoms with Crippen LogP contribution in [0.25, 0.3) is 0 Å². The molecule has 1 unspecified atom stereocenters. The summed E-state index contributed by atoms with van der Waals surface area (Å²) in [6.07, 6.45) is 0. The van der Waals surface area contributed by atoms with Crippen LogP contribution in [0.5, 0.6) is 0 Å². The molecule has 0 saturated heterocycles. The fourth-order valence-corrected chi connectivity index (χ4v) is 3.28. The molecule has 0 bridgehead atoms. The minimum absolute atomic E-state index is 0.0303. The summed E-state index contributed by atoms with van der Waals surface area (Å²) in [7, 11) is -1.62. The second-order valence-corrected chi connectivity index (χ2v) is 7.80. The number of hydrogen-bond acceptors (Lipinski definition) is 4. The zero-order valence-electron chi connectivity index (χ0n) is 11.4. The smallest absolute Gasteiger partial charge is 0.307 e. The standard InChI is InChI=1S/C13H18BrNO4S/c1-10(13(16)17)9-15(2)7-8-20(18,19)12-5-3-11(14)4-6-12/h3-6,10H,7-9H2,1-2H3,(H,16,17). The number of carboxylic acid groups (broad SMARTS) is 1. The van der Waals surface area contributed by atoms with Crippen LogP contribution in [0.15, 0.2) is 33.6 Å². The van der Waals surface area contributed by atoms with Gasteiger partial charge in [-0.15, -0.1) is 0 Å². The van der Waals surface area contributed by atoms with Crippen molar-refractivity contribution in [1.82, 2.24) is 4.90 Å². The third-order valence-electron chi connectivity index (χ3n) is 2.92. The number of carboxylic acids is 1. The third-order valence-corrected chi connectivity index (χ3v) is 5.16. The Morgan fingerprint density at radius 3 is 2.40 bits per heavy atom. The van der Waals surface area contributed by atoms with Gasteiger partial charge < -0.3 is 10.0 Å². The summed E-state index contributed by atoms with van der Waals surface area (Å²) in [4.78, 5) is 12.7. The van der Waals surface area contributed by atoms with E-state index in [0.29, 0.717) is 13.1 Å². The molecule has 0 aliphatic heterocycles. The Bertz CT molecular complexity index is 556. The lowest BCUT2D eigenvalue weighted by molar-refractivity contribution is -0.141. The average molecular weight is 364 g/mol. The Kier molecular flexibility index (Phi) is 6.16. The first-order valence-electron chi connectivity index (χ1n) is 6.12. The van der Waals surface area contributed by atoms with Crippen LogP contribution in [-0.4, -0.2) is 50.3 Å². The maximum Gasteiger partial charge on any atom is 0.307 e. The van der Waals surface area contributed by atoms with Gasteiger partial charge >= 0.3 is 5.97 Å². The summed E-state index contributed by atoms with van der Waals surface area (Å²) in [5.74, 6) is -1.43. The number of benzene rings is 1. The van der Waals surface area contributed by atoms with Gasteiger partial charge in [-0.3, -0.25) is 4.79 Å². The SMILES string of the molecule is CC(CN(C)CCS(=O)(=O)c1ccc(Br)cc1)C(=O)O. The molecule has 1 aromatic carbocycles. The lowest BCUT2D eigenvalue weighted by Crippen LogP contribution is -2.32. The van der Waals surface area contributed by atoms with Crippen LogP contribution < -0.4 is 0 Å². The molecule has 112 valence electrons. The minimum Gasteiger partial charge on any atom is -0.481 e. The van der Waals surface area contributed by atoms with Crippen molar-refractivity contribution in [2.45, 2.75) is 11.8 Å². The second kappa shape index (κ2) is 7.19. The van der Waals surface area contributed by atoms with E-state index in [9.17, 15) is 13.2 Å². The molecule has 0 aromatic heterocycles. The van der Waals surface area contributed by atoms with E-state index in [0.717, 1.165) is 4.47 Å². The van der Waals surface area contributed by atoms with Crippen LogP contribution in [0.2, 0.25) is 0 Å². The lowest BCUT2D eigenvalue weighted by atomic mass is 10.2. The Morgan fingerprint density at radius 1 is 1.35 bits per heavy atom. The predicted molar refractivity (Wildman–Crippen MR) is 80.5 cm³/mol. The molecule has 0 fully saturated rings. The summed E-state index contributed by atoms with van der Waals surface area (Å²) < 4.78 is 25.0. The topological polar surface area (TPSA) is 74.7 Å². The molecule has 20 heavy (non-hydrogen) atoms. The molecule has 0 aliphatic carbocycles. The van der Waals surface area contributed by atoms with Crippen molar-refractivity contribution in [2.75, 3.05) is 25.9 Å². The molecule has 5 nitrogen and oxygen atoms in total. The van der Waals surface area contributed by atoms with E-state index >= 15 is 0 Å². The fourth-order valence-electron chi connectivity index (χ4n) is 1.67. The lowest BCUT2D eigenvalue weighted by Gasteiger charge is -2.18. The molecule has 1 atom stereocenters. The number of nitrogens with zero attached hydrogens (tertiary/aromatic N) is 1. The van der Waals surface area contributed by atoms with Crippen LogP contribution in [0, 0.1) is 5.92 Å². The zero-order chi connectivity index (χ0) is 15.3. The Balaban J connectivity index is 2.59. The number of halogens is 1. The molecule has 7 heteroatoms. The number of carbonyl (C=O) groups is 1. The van der Waals surface area contributed by atoms with Gasteiger partial charge in [0.2, 0.25) is 0 Å². The largest absolute Gasteiger partial charge is 0.481 e. The Morgan fingerprint density at radius 2 is 1.90 bits per heavy atom. The van der Waals surface area contributed by atoms with E-state index in [1.807, 2.05) is 0 Å². The van der Waals surface area contributed by atoms with Crippen molar-refractivity contribution in [3.05, 3.63) is 28.7 Å². The van der Waals surface area contributed by atoms with Crippen molar-refractivity contribution >= 4 is 31.7 Å². The molecule has 0 aliphatic rings. The highest BCUT2D eigenvalue weighted by molar-refractivity contribution is 9.10. The van der Waals surface area contributed by atoms with Gasteiger partial charge in [-0.05, 0) is 31.3 Å². The molecule has 0 spiro atoms. The molecule has 0 amide bonds. The first-order chi connectivity index (χ1) is 9.22. The number of hydrogen-bond donors (Lipinski definition) is 1. The first-order valence-corrected chi connectivity index (χ1v) is 8.56. The highest BCUT2D eigenvalue weighted by atomic mass is 79.9. The Labute approximate surface area is 127 Å². The van der Waals surface area contributed by atoms with Crippen molar-refractivity contribution in [1.29, 1.82) is 0 Å². The molecular formula is C13H18BrNO4S. The van der Waals surface area contributed by atoms with Gasteiger partial charge in [0, 0.05) is 17.6 Å². The monoisotopic (exact) mass is 363 g/mol. The van der Waals surface area contributed by atoms with Crippen LogP contribution in [0.3, 0.4) is 0 Å². The van der Waals surface area contributed by atoms with Gasteiger partial charge in [-0.1, -0.05) is 22.9 Å². The van der Waals surface area contributed by atoms with Gasteiger partial charge in [0.15, 0.2) is 9.84 Å². The van der Waals surface area contributed by atoms with Gasteiger partial charge in [-0.2, -0.15) is 0 Å². The summed E-state index contributed by atoms with van der Waals surface area (Å²) >= 11 is 3.26. The molecule has 1 aromatic rings. The Hall–Kier alpha value is -0.920. The molecule has 0 heterocycles. The third kappa shape index (κ3) is 5.22. The van der Waals surface area contributed by atoms with Crippen molar-refractivity contribution in [3.8, 4) is 0 Å². The van der Waals surface area contributed by atoms with Crippen molar-refractivity contribution < 1.29 is 18.3 Å². The van der Waals surface area contributed by atoms with Gasteiger partial charge in [0.25, 0.3) is 0 Å². The van der Waals surface area contributed by atoms with E-state index in [4.69, 9.17) is 5.11 Å². The quantitative estimate of drug-likeness (QED) is 0.800. The second-order valence-electron chi connectivity index (χ2n) is 4.77. The normalized spacial score (nSPS) is 13.4. The maximum absolute atomic E-state index is 12.1. The van der Waals surface area contributed by atoms with Crippen molar-refractivity contribution in [2.24, 2.45) is 5.92 Å². The van der Waals surface area contributed by atoms with Gasteiger partial charge in [0.1, 0.15) is 0 Å². The fraction of sp³-hybridized carbons (Fsp3) is 0.462. The molecule has 1 rings (SSSR count). The number of sulfone groups is 1. The highest BCUT2D eigenvalue weighted by Crippen LogP contribution is 2.16. The van der Waals surface area contributed by atoms with E-state index in [-0.39, 0.29) is 10.6 Å². The number of aliphatic carboxylic acids is 1. The summed E-state index contributed by atoms with van der Waals surface area (Å²) in [5, 5.41) is 8.81. The first kappa shape index (κ1) is 17.1. The van der Waals surface area contributed by atoms with Gasteiger partial charge in [0.05, 0.1) is 16.6 Å². The van der Waals surface area contributed by atoms with Gasteiger partial charge in [-0.25, -0.2) is 8.42 Å². The molecule has 0 radical (unpaired) electrons. The van der Waals surface area contributed by atoms with E-state index in [1.54, 1.807) is 43.1 Å². The molecule has 0 saturated carbocycles. The van der Waals surface area contributed by atoms with E-state index in [1.165, 1.54) is 0 Å². The summed E-state index contributed by atoms with van der Waals surface area (Å²) in [6, 6.07) is 6.48. The van der Waals surface area contributed by atoms with E-state index < -0.39 is 21.7 Å². The maximum atomic E-state index is 12.1. The number of rotatable bonds is 7. The summed E-state index contributed by atoms with van der Waals surface area (Å²) in [5.41, 5.74) is 0. The van der Waals surface area contributed by atoms with E-state index in [2.05, 4.69) is 15.9 Å². The zero-order valence-corrected chi connectivity index (χ0v) is 13.8. The molecular weight excluding hydrogens is 346 g/mol. The van der Waals surface area contributed by atoms with Crippen LogP contribution in [0.1, 0.15) is 6.92 Å². The minimum atomic E-state index is -3.34. The van der Waals surface area contributed by atoms with Crippen LogP contribution >= 0.6 is 15.9 Å². The average Bonchev–Trinajstić information content (AvgIpc) is 2.37. The van der Waals surface area contributed by atoms with Crippen LogP contribution in [-0.2, 0) is 14.6 Å². The molecule has 1 N–H and O–H groups in total. The highest BCUT2D eigenvalue weighted by Gasteiger charge is 2.18. The predicted octanol–water partition coefficient (Wildman–Crippen LogP) is 1.88. The van der Waals surface area contributed by atoms with Crippen LogP contribution in [0.4, 0.5) is 0 Å². The van der Waals surface area contributed by atoms with Crippen molar-refractivity contribution in [3.63, 3.8) is 0 Å². The summed E-state index contributed by atoms with van der Waals surface area (Å²) in [6.45, 7) is 2.23.